The molecular weight excluding hydrogens is 198 g/mol. The number of nitrogens with one attached hydrogen (secondary N) is 1. The second-order valence-electron chi connectivity index (χ2n) is 4.25. The predicted molar refractivity (Wildman–Crippen MR) is 67.4 cm³/mol. The van der Waals surface area contributed by atoms with Gasteiger partial charge in [-0.05, 0) is 26.0 Å². The molecule has 2 heteroatoms. The molecule has 2 aromatic rings. The van der Waals surface area contributed by atoms with Crippen LogP contribution in [0.3, 0.4) is 0 Å². The average molecular weight is 215 g/mol. The van der Waals surface area contributed by atoms with Crippen molar-refractivity contribution in [2.24, 2.45) is 0 Å². The Balaban J connectivity index is 2.16. The van der Waals surface area contributed by atoms with E-state index in [4.69, 9.17) is 4.42 Å². The third kappa shape index (κ3) is 2.34. The fourth-order valence-corrected chi connectivity index (χ4v) is 1.64. The van der Waals surface area contributed by atoms with Gasteiger partial charge in [-0.3, -0.25) is 0 Å². The second kappa shape index (κ2) is 4.54. The molecule has 2 nitrogen and oxygen atoms in total. The van der Waals surface area contributed by atoms with Crippen molar-refractivity contribution < 1.29 is 4.42 Å². The number of rotatable bonds is 4. The summed E-state index contributed by atoms with van der Waals surface area (Å²) in [4.78, 5) is 0. The zero-order valence-electron chi connectivity index (χ0n) is 9.79. The van der Waals surface area contributed by atoms with E-state index in [9.17, 15) is 0 Å². The van der Waals surface area contributed by atoms with Crippen LogP contribution in [-0.4, -0.2) is 6.54 Å². The summed E-state index contributed by atoms with van der Waals surface area (Å²) in [6.45, 7) is 8.80. The highest BCUT2D eigenvalue weighted by molar-refractivity contribution is 5.77. The highest BCUT2D eigenvalue weighted by Gasteiger charge is 2.10. The maximum absolute atomic E-state index is 5.77. The monoisotopic (exact) mass is 215 g/mol. The fourth-order valence-electron chi connectivity index (χ4n) is 1.64. The summed E-state index contributed by atoms with van der Waals surface area (Å²) in [6.07, 6.45) is 0. The SMILES string of the molecule is C=C(C)CNC(C)c1cc2ccccc2o1. The summed E-state index contributed by atoms with van der Waals surface area (Å²) < 4.78 is 5.77. The zero-order chi connectivity index (χ0) is 11.5. The van der Waals surface area contributed by atoms with E-state index >= 15 is 0 Å². The topological polar surface area (TPSA) is 25.2 Å². The molecule has 0 spiro atoms. The summed E-state index contributed by atoms with van der Waals surface area (Å²) in [5.41, 5.74) is 2.07. The van der Waals surface area contributed by atoms with Gasteiger partial charge in [-0.25, -0.2) is 0 Å². The van der Waals surface area contributed by atoms with E-state index in [2.05, 4.69) is 31.0 Å². The van der Waals surface area contributed by atoms with Gasteiger partial charge in [-0.2, -0.15) is 0 Å². The van der Waals surface area contributed by atoms with Crippen LogP contribution in [0.4, 0.5) is 0 Å². The maximum atomic E-state index is 5.77. The highest BCUT2D eigenvalue weighted by Crippen LogP contribution is 2.23. The van der Waals surface area contributed by atoms with Crippen molar-refractivity contribution in [3.63, 3.8) is 0 Å². The lowest BCUT2D eigenvalue weighted by molar-refractivity contribution is 0.462. The number of hydrogen-bond acceptors (Lipinski definition) is 2. The standard InChI is InChI=1S/C14H17NO/c1-10(2)9-15-11(3)14-8-12-6-4-5-7-13(12)16-14/h4-8,11,15H,1,9H2,2-3H3. The molecule has 0 fully saturated rings. The first-order valence-corrected chi connectivity index (χ1v) is 5.53. The van der Waals surface area contributed by atoms with Crippen LogP contribution in [0.2, 0.25) is 0 Å². The van der Waals surface area contributed by atoms with Gasteiger partial charge in [0.15, 0.2) is 0 Å². The van der Waals surface area contributed by atoms with Gasteiger partial charge in [0.05, 0.1) is 6.04 Å². The first kappa shape index (κ1) is 11.0. The van der Waals surface area contributed by atoms with Crippen LogP contribution in [-0.2, 0) is 0 Å². The smallest absolute Gasteiger partial charge is 0.134 e. The minimum absolute atomic E-state index is 0.212. The number of hydrogen-bond donors (Lipinski definition) is 1. The van der Waals surface area contributed by atoms with Crippen LogP contribution in [0.5, 0.6) is 0 Å². The van der Waals surface area contributed by atoms with E-state index < -0.39 is 0 Å². The van der Waals surface area contributed by atoms with E-state index in [1.807, 2.05) is 25.1 Å². The van der Waals surface area contributed by atoms with Crippen LogP contribution < -0.4 is 5.32 Å². The van der Waals surface area contributed by atoms with Crippen molar-refractivity contribution in [3.05, 3.63) is 48.2 Å². The molecule has 0 amide bonds. The summed E-state index contributed by atoms with van der Waals surface area (Å²) >= 11 is 0. The normalized spacial score (nSPS) is 12.9. The molecule has 0 aliphatic carbocycles. The van der Waals surface area contributed by atoms with Crippen molar-refractivity contribution in [2.45, 2.75) is 19.9 Å². The van der Waals surface area contributed by atoms with Crippen molar-refractivity contribution in [1.29, 1.82) is 0 Å². The summed E-state index contributed by atoms with van der Waals surface area (Å²) in [6, 6.07) is 10.4. The Labute approximate surface area is 96.0 Å². The van der Waals surface area contributed by atoms with Crippen molar-refractivity contribution in [1.82, 2.24) is 5.32 Å². The third-order valence-electron chi connectivity index (χ3n) is 2.58. The van der Waals surface area contributed by atoms with E-state index in [0.717, 1.165) is 28.8 Å². The predicted octanol–water partition coefficient (Wildman–Crippen LogP) is 3.66. The molecule has 1 unspecified atom stereocenters. The number of benzene rings is 1. The quantitative estimate of drug-likeness (QED) is 0.787. The molecule has 0 radical (unpaired) electrons. The first-order chi connectivity index (χ1) is 7.66. The van der Waals surface area contributed by atoms with E-state index in [1.54, 1.807) is 0 Å². The Hall–Kier alpha value is -1.54. The van der Waals surface area contributed by atoms with E-state index in [-0.39, 0.29) is 6.04 Å². The maximum Gasteiger partial charge on any atom is 0.134 e. The van der Waals surface area contributed by atoms with Gasteiger partial charge in [-0.1, -0.05) is 30.4 Å². The lowest BCUT2D eigenvalue weighted by Gasteiger charge is -2.10. The van der Waals surface area contributed by atoms with Gasteiger partial charge in [0, 0.05) is 11.9 Å². The van der Waals surface area contributed by atoms with Gasteiger partial charge in [0.1, 0.15) is 11.3 Å². The Morgan fingerprint density at radius 1 is 1.44 bits per heavy atom. The van der Waals surface area contributed by atoms with Crippen molar-refractivity contribution in [3.8, 4) is 0 Å². The molecule has 1 aromatic carbocycles. The van der Waals surface area contributed by atoms with E-state index in [0.29, 0.717) is 0 Å². The molecule has 0 saturated carbocycles. The Kier molecular flexibility index (Phi) is 3.11. The fraction of sp³-hybridized carbons (Fsp3) is 0.286. The molecule has 84 valence electrons. The van der Waals surface area contributed by atoms with Crippen LogP contribution >= 0.6 is 0 Å². The number of furan rings is 1. The summed E-state index contributed by atoms with van der Waals surface area (Å²) in [5, 5.41) is 4.52. The minimum Gasteiger partial charge on any atom is -0.459 e. The second-order valence-corrected chi connectivity index (χ2v) is 4.25. The van der Waals surface area contributed by atoms with E-state index in [1.165, 1.54) is 0 Å². The Morgan fingerprint density at radius 2 is 2.19 bits per heavy atom. The molecule has 0 aliphatic rings. The zero-order valence-corrected chi connectivity index (χ0v) is 9.79. The molecule has 1 atom stereocenters. The van der Waals surface area contributed by atoms with Gasteiger partial charge in [-0.15, -0.1) is 0 Å². The van der Waals surface area contributed by atoms with Gasteiger partial charge >= 0.3 is 0 Å². The molecule has 0 saturated heterocycles. The molecule has 1 aromatic heterocycles. The van der Waals surface area contributed by atoms with Gasteiger partial charge in [0.2, 0.25) is 0 Å². The third-order valence-corrected chi connectivity index (χ3v) is 2.58. The van der Waals surface area contributed by atoms with Crippen molar-refractivity contribution >= 4 is 11.0 Å². The number of fused-ring (bicyclic) bond motifs is 1. The molecule has 0 bridgehead atoms. The van der Waals surface area contributed by atoms with Crippen LogP contribution in [0.15, 0.2) is 46.9 Å². The summed E-state index contributed by atoms with van der Waals surface area (Å²) in [7, 11) is 0. The molecule has 2 rings (SSSR count). The largest absolute Gasteiger partial charge is 0.459 e. The molecule has 1 N–H and O–H groups in total. The van der Waals surface area contributed by atoms with Gasteiger partial charge < -0.3 is 9.73 Å². The lowest BCUT2D eigenvalue weighted by atomic mass is 10.2. The minimum atomic E-state index is 0.212. The Bertz CT molecular complexity index is 465. The van der Waals surface area contributed by atoms with Crippen LogP contribution in [0, 0.1) is 0 Å². The molecule has 0 aliphatic heterocycles. The van der Waals surface area contributed by atoms with Gasteiger partial charge in [0.25, 0.3) is 0 Å². The highest BCUT2D eigenvalue weighted by atomic mass is 16.3. The molecular formula is C14H17NO. The van der Waals surface area contributed by atoms with Crippen molar-refractivity contribution in [2.75, 3.05) is 6.54 Å². The molecule has 1 heterocycles. The number of para-hydroxylation sites is 1. The Morgan fingerprint density at radius 3 is 2.88 bits per heavy atom. The summed E-state index contributed by atoms with van der Waals surface area (Å²) in [5.74, 6) is 0.974. The lowest BCUT2D eigenvalue weighted by Crippen LogP contribution is -2.19. The molecule has 16 heavy (non-hydrogen) atoms. The average Bonchev–Trinajstić information content (AvgIpc) is 2.69. The van der Waals surface area contributed by atoms with Crippen LogP contribution in [0.1, 0.15) is 25.6 Å². The van der Waals surface area contributed by atoms with Crippen LogP contribution in [0.25, 0.3) is 11.0 Å². The first-order valence-electron chi connectivity index (χ1n) is 5.53.